The number of thiophene rings is 1. The minimum Gasteiger partial charge on any atom is -0.508 e. The molecular weight excluding hydrogens is 278 g/mol. The lowest BCUT2D eigenvalue weighted by Crippen LogP contribution is -2.11. The summed E-state index contributed by atoms with van der Waals surface area (Å²) >= 11 is 2.62. The lowest BCUT2D eigenvalue weighted by Gasteiger charge is -2.02. The van der Waals surface area contributed by atoms with Gasteiger partial charge in [-0.05, 0) is 35.7 Å². The summed E-state index contributed by atoms with van der Waals surface area (Å²) in [7, 11) is -3.68. The first-order chi connectivity index (χ1) is 7.97. The minimum atomic E-state index is -3.68. The van der Waals surface area contributed by atoms with Gasteiger partial charge in [-0.25, -0.2) is 13.6 Å². The average molecular weight is 287 g/mol. The Kier molecular flexibility index (Phi) is 3.43. The highest BCUT2D eigenvalue weighted by molar-refractivity contribution is 8.02. The van der Waals surface area contributed by atoms with Gasteiger partial charge in [-0.2, -0.15) is 0 Å². The number of rotatable bonds is 3. The van der Waals surface area contributed by atoms with Crippen molar-refractivity contribution in [3.8, 4) is 5.75 Å². The summed E-state index contributed by atoms with van der Waals surface area (Å²) in [5.41, 5.74) is 0. The molecule has 0 amide bonds. The van der Waals surface area contributed by atoms with Crippen molar-refractivity contribution in [3.05, 3.63) is 35.7 Å². The fourth-order valence-electron chi connectivity index (χ4n) is 1.19. The van der Waals surface area contributed by atoms with Crippen LogP contribution in [0.5, 0.6) is 5.75 Å². The van der Waals surface area contributed by atoms with E-state index in [0.29, 0.717) is 4.21 Å². The molecule has 7 heteroatoms. The van der Waals surface area contributed by atoms with Crippen LogP contribution in [0.1, 0.15) is 0 Å². The van der Waals surface area contributed by atoms with Crippen LogP contribution in [0.25, 0.3) is 0 Å². The van der Waals surface area contributed by atoms with Crippen molar-refractivity contribution >= 4 is 33.1 Å². The molecule has 4 nitrogen and oxygen atoms in total. The molecule has 0 unspecified atom stereocenters. The topological polar surface area (TPSA) is 80.4 Å². The zero-order valence-electron chi connectivity index (χ0n) is 8.53. The number of sulfonamides is 1. The Morgan fingerprint density at radius 3 is 2.41 bits per heavy atom. The quantitative estimate of drug-likeness (QED) is 0.907. The number of aromatic hydroxyl groups is 1. The molecule has 0 spiro atoms. The molecule has 17 heavy (non-hydrogen) atoms. The molecular formula is C10H9NO3S3. The molecule has 0 saturated carbocycles. The van der Waals surface area contributed by atoms with Crippen molar-refractivity contribution in [2.24, 2.45) is 5.14 Å². The van der Waals surface area contributed by atoms with Gasteiger partial charge in [0.1, 0.15) is 10.6 Å². The van der Waals surface area contributed by atoms with E-state index in [1.807, 2.05) is 0 Å². The Morgan fingerprint density at radius 2 is 1.82 bits per heavy atom. The first-order valence-electron chi connectivity index (χ1n) is 4.54. The highest BCUT2D eigenvalue weighted by Gasteiger charge is 2.16. The van der Waals surface area contributed by atoms with E-state index in [4.69, 9.17) is 10.2 Å². The zero-order valence-corrected chi connectivity index (χ0v) is 11.0. The number of hydrogen-bond acceptors (Lipinski definition) is 5. The van der Waals surface area contributed by atoms with E-state index in [0.717, 1.165) is 4.90 Å². The van der Waals surface area contributed by atoms with Gasteiger partial charge in [0.25, 0.3) is 0 Å². The normalized spacial score (nSPS) is 11.6. The number of primary sulfonamides is 1. The van der Waals surface area contributed by atoms with Gasteiger partial charge in [-0.15, -0.1) is 11.3 Å². The molecule has 0 fully saturated rings. The van der Waals surface area contributed by atoms with Crippen LogP contribution >= 0.6 is 23.1 Å². The number of nitrogens with two attached hydrogens (primary N) is 1. The molecule has 0 atom stereocenters. The maximum Gasteiger partial charge on any atom is 0.240 e. The SMILES string of the molecule is NS(=O)(=O)c1ccsc1Sc1ccc(O)cc1. The Labute approximate surface area is 107 Å². The molecule has 1 heterocycles. The summed E-state index contributed by atoms with van der Waals surface area (Å²) in [4.78, 5) is 0.982. The molecule has 3 N–H and O–H groups in total. The van der Waals surface area contributed by atoms with E-state index in [2.05, 4.69) is 0 Å². The maximum atomic E-state index is 11.3. The number of phenols is 1. The molecule has 0 radical (unpaired) electrons. The first kappa shape index (κ1) is 12.4. The van der Waals surface area contributed by atoms with Crippen molar-refractivity contribution in [1.82, 2.24) is 0 Å². The van der Waals surface area contributed by atoms with Crippen LogP contribution in [0, 0.1) is 0 Å². The smallest absolute Gasteiger partial charge is 0.240 e. The summed E-state index contributed by atoms with van der Waals surface area (Å²) in [5, 5.41) is 15.9. The van der Waals surface area contributed by atoms with Gasteiger partial charge in [0.2, 0.25) is 10.0 Å². The summed E-state index contributed by atoms with van der Waals surface area (Å²) in [6.07, 6.45) is 0. The van der Waals surface area contributed by atoms with Crippen LogP contribution < -0.4 is 5.14 Å². The number of benzene rings is 1. The first-order valence-corrected chi connectivity index (χ1v) is 7.78. The van der Waals surface area contributed by atoms with Crippen molar-refractivity contribution in [2.75, 3.05) is 0 Å². The van der Waals surface area contributed by atoms with E-state index >= 15 is 0 Å². The molecule has 0 aliphatic rings. The molecule has 1 aromatic heterocycles. The molecule has 0 bridgehead atoms. The van der Waals surface area contributed by atoms with Gasteiger partial charge in [0, 0.05) is 4.90 Å². The van der Waals surface area contributed by atoms with E-state index < -0.39 is 10.0 Å². The second kappa shape index (κ2) is 4.69. The second-order valence-electron chi connectivity index (χ2n) is 3.21. The van der Waals surface area contributed by atoms with Gasteiger partial charge < -0.3 is 5.11 Å². The van der Waals surface area contributed by atoms with Gasteiger partial charge in [-0.3, -0.25) is 0 Å². The van der Waals surface area contributed by atoms with Gasteiger partial charge in [0.05, 0.1) is 4.21 Å². The maximum absolute atomic E-state index is 11.3. The van der Waals surface area contributed by atoms with Gasteiger partial charge in [-0.1, -0.05) is 11.8 Å². The lowest BCUT2D eigenvalue weighted by atomic mass is 10.3. The standard InChI is InChI=1S/C10H9NO3S3/c11-17(13,14)9-5-6-15-10(9)16-8-3-1-7(12)2-4-8/h1-6,12H,(H2,11,13,14). The largest absolute Gasteiger partial charge is 0.508 e. The molecule has 2 rings (SSSR count). The molecule has 0 aliphatic carbocycles. The minimum absolute atomic E-state index is 0.139. The predicted molar refractivity (Wildman–Crippen MR) is 67.9 cm³/mol. The molecule has 0 aliphatic heterocycles. The van der Waals surface area contributed by atoms with Gasteiger partial charge in [0.15, 0.2) is 0 Å². The lowest BCUT2D eigenvalue weighted by molar-refractivity contribution is 0.475. The second-order valence-corrected chi connectivity index (χ2v) is 7.00. The third-order valence-corrected chi connectivity index (χ3v) is 5.32. The van der Waals surface area contributed by atoms with E-state index in [1.165, 1.54) is 29.2 Å². The molecule has 90 valence electrons. The fourth-order valence-corrected chi connectivity index (χ4v) is 4.55. The van der Waals surface area contributed by atoms with Crippen LogP contribution in [0.4, 0.5) is 0 Å². The van der Waals surface area contributed by atoms with Crippen LogP contribution in [-0.2, 0) is 10.0 Å². The summed E-state index contributed by atoms with van der Waals surface area (Å²) < 4.78 is 23.2. The molecule has 1 aromatic carbocycles. The highest BCUT2D eigenvalue weighted by Crippen LogP contribution is 2.36. The Hall–Kier alpha value is -1.02. The van der Waals surface area contributed by atoms with E-state index in [-0.39, 0.29) is 10.6 Å². The predicted octanol–water partition coefficient (Wildman–Crippen LogP) is 2.25. The average Bonchev–Trinajstić information content (AvgIpc) is 2.69. The van der Waals surface area contributed by atoms with Crippen molar-refractivity contribution in [3.63, 3.8) is 0 Å². The molecule has 0 saturated heterocycles. The van der Waals surface area contributed by atoms with Crippen molar-refractivity contribution < 1.29 is 13.5 Å². The summed E-state index contributed by atoms with van der Waals surface area (Å²) in [6.45, 7) is 0. The molecule has 2 aromatic rings. The van der Waals surface area contributed by atoms with Crippen LogP contribution in [0.3, 0.4) is 0 Å². The number of phenolic OH excluding ortho intramolecular Hbond substituents is 1. The summed E-state index contributed by atoms with van der Waals surface area (Å²) in [6, 6.07) is 8.02. The van der Waals surface area contributed by atoms with E-state index in [1.54, 1.807) is 29.6 Å². The van der Waals surface area contributed by atoms with Crippen LogP contribution in [0.15, 0.2) is 49.7 Å². The number of hydrogen-bond donors (Lipinski definition) is 2. The zero-order chi connectivity index (χ0) is 12.5. The Bertz CT molecular complexity index is 617. The fraction of sp³-hybridized carbons (Fsp3) is 0. The Morgan fingerprint density at radius 1 is 1.18 bits per heavy atom. The monoisotopic (exact) mass is 287 g/mol. The summed E-state index contributed by atoms with van der Waals surface area (Å²) in [5.74, 6) is 0.173. The highest BCUT2D eigenvalue weighted by atomic mass is 32.2. The van der Waals surface area contributed by atoms with E-state index in [9.17, 15) is 8.42 Å². The van der Waals surface area contributed by atoms with Gasteiger partial charge >= 0.3 is 0 Å². The van der Waals surface area contributed by atoms with Crippen LogP contribution in [-0.4, -0.2) is 13.5 Å². The van der Waals surface area contributed by atoms with Crippen molar-refractivity contribution in [1.29, 1.82) is 0 Å². The van der Waals surface area contributed by atoms with Crippen molar-refractivity contribution in [2.45, 2.75) is 14.0 Å². The third kappa shape index (κ3) is 3.01. The Balaban J connectivity index is 2.31. The van der Waals surface area contributed by atoms with Crippen LogP contribution in [0.2, 0.25) is 0 Å². The third-order valence-electron chi connectivity index (χ3n) is 1.95.